The Morgan fingerprint density at radius 2 is 1.64 bits per heavy atom. The minimum Gasteiger partial charge on any atom is -0.351 e. The Kier molecular flexibility index (Phi) is 5.57. The molecule has 0 aliphatic carbocycles. The van der Waals surface area contributed by atoms with E-state index in [0.717, 1.165) is 16.7 Å². The fraction of sp³-hybridized carbons (Fsp3) is 0.211. The largest absolute Gasteiger partial charge is 0.351 e. The van der Waals surface area contributed by atoms with Crippen molar-refractivity contribution in [3.63, 3.8) is 0 Å². The molecular formula is C19H19N3O5S. The average Bonchev–Trinajstić information content (AvgIpc) is 2.89. The van der Waals surface area contributed by atoms with Crippen LogP contribution in [-0.2, 0) is 16.6 Å². The van der Waals surface area contributed by atoms with E-state index in [-0.39, 0.29) is 36.3 Å². The van der Waals surface area contributed by atoms with Gasteiger partial charge in [0.05, 0.1) is 23.9 Å². The molecule has 0 aromatic heterocycles. The Hall–Kier alpha value is -3.04. The molecule has 9 heteroatoms. The highest BCUT2D eigenvalue weighted by molar-refractivity contribution is 7.88. The van der Waals surface area contributed by atoms with Crippen molar-refractivity contribution in [2.45, 2.75) is 6.54 Å². The molecule has 0 unspecified atom stereocenters. The van der Waals surface area contributed by atoms with Crippen LogP contribution >= 0.6 is 0 Å². The molecule has 0 fully saturated rings. The fourth-order valence-corrected chi connectivity index (χ4v) is 3.33. The predicted molar refractivity (Wildman–Crippen MR) is 102 cm³/mol. The van der Waals surface area contributed by atoms with Crippen LogP contribution in [0, 0.1) is 0 Å². The molecule has 1 aliphatic rings. The van der Waals surface area contributed by atoms with Crippen LogP contribution in [0.5, 0.6) is 0 Å². The zero-order valence-electron chi connectivity index (χ0n) is 15.1. The summed E-state index contributed by atoms with van der Waals surface area (Å²) in [5.41, 5.74) is 1.49. The molecule has 8 nitrogen and oxygen atoms in total. The first-order valence-electron chi connectivity index (χ1n) is 8.53. The van der Waals surface area contributed by atoms with Gasteiger partial charge in [-0.1, -0.05) is 30.3 Å². The molecule has 1 heterocycles. The van der Waals surface area contributed by atoms with E-state index in [0.29, 0.717) is 0 Å². The average molecular weight is 401 g/mol. The molecule has 0 spiro atoms. The number of carbonyl (C=O) groups is 3. The lowest BCUT2D eigenvalue weighted by Gasteiger charge is -2.13. The highest BCUT2D eigenvalue weighted by Crippen LogP contribution is 2.25. The fourth-order valence-electron chi connectivity index (χ4n) is 2.86. The van der Waals surface area contributed by atoms with Gasteiger partial charge in [0.2, 0.25) is 10.0 Å². The standard InChI is InChI=1S/C19H19N3O5S/c1-28(26,27)21-10-9-20-17(23)14-7-8-15-16(11-14)19(25)22(18(15)24)12-13-5-3-2-4-6-13/h2-8,11,21H,9-10,12H2,1H3,(H,20,23). The van der Waals surface area contributed by atoms with Crippen molar-refractivity contribution in [3.8, 4) is 0 Å². The molecule has 28 heavy (non-hydrogen) atoms. The summed E-state index contributed by atoms with van der Waals surface area (Å²) in [6, 6.07) is 13.5. The molecule has 2 aromatic rings. The number of fused-ring (bicyclic) bond motifs is 1. The number of sulfonamides is 1. The van der Waals surface area contributed by atoms with Crippen LogP contribution in [-0.4, -0.2) is 50.4 Å². The minimum atomic E-state index is -3.33. The van der Waals surface area contributed by atoms with Crippen LogP contribution in [0.4, 0.5) is 0 Å². The quantitative estimate of drug-likeness (QED) is 0.525. The van der Waals surface area contributed by atoms with Gasteiger partial charge in [0.25, 0.3) is 17.7 Å². The lowest BCUT2D eigenvalue weighted by molar-refractivity contribution is 0.0642. The molecule has 3 rings (SSSR count). The number of hydrogen-bond donors (Lipinski definition) is 2. The lowest BCUT2D eigenvalue weighted by atomic mass is 10.1. The number of amides is 3. The van der Waals surface area contributed by atoms with Crippen molar-refractivity contribution in [2.75, 3.05) is 19.3 Å². The van der Waals surface area contributed by atoms with E-state index in [9.17, 15) is 22.8 Å². The van der Waals surface area contributed by atoms with Crippen LogP contribution in [0.15, 0.2) is 48.5 Å². The van der Waals surface area contributed by atoms with Gasteiger partial charge in [0.15, 0.2) is 0 Å². The SMILES string of the molecule is CS(=O)(=O)NCCNC(=O)c1ccc2c(c1)C(=O)N(Cc1ccccc1)C2=O. The molecule has 0 bridgehead atoms. The van der Waals surface area contributed by atoms with Gasteiger partial charge in [-0.25, -0.2) is 13.1 Å². The lowest BCUT2D eigenvalue weighted by Crippen LogP contribution is -2.34. The molecule has 1 aliphatic heterocycles. The molecule has 0 radical (unpaired) electrons. The normalized spacial score (nSPS) is 13.5. The van der Waals surface area contributed by atoms with E-state index in [1.54, 1.807) is 0 Å². The van der Waals surface area contributed by atoms with Gasteiger partial charge < -0.3 is 5.32 Å². The van der Waals surface area contributed by atoms with E-state index >= 15 is 0 Å². The van der Waals surface area contributed by atoms with Crippen molar-refractivity contribution in [1.82, 2.24) is 14.9 Å². The number of rotatable bonds is 7. The van der Waals surface area contributed by atoms with Crippen molar-refractivity contribution in [2.24, 2.45) is 0 Å². The summed E-state index contributed by atoms with van der Waals surface area (Å²) in [6.07, 6.45) is 1.03. The second kappa shape index (κ2) is 7.91. The van der Waals surface area contributed by atoms with E-state index in [4.69, 9.17) is 0 Å². The van der Waals surface area contributed by atoms with Gasteiger partial charge in [0.1, 0.15) is 0 Å². The van der Waals surface area contributed by atoms with E-state index < -0.39 is 27.7 Å². The molecule has 0 saturated heterocycles. The monoisotopic (exact) mass is 401 g/mol. The number of carbonyl (C=O) groups excluding carboxylic acids is 3. The first-order valence-corrected chi connectivity index (χ1v) is 10.4. The number of hydrogen-bond acceptors (Lipinski definition) is 5. The van der Waals surface area contributed by atoms with Crippen molar-refractivity contribution >= 4 is 27.7 Å². The summed E-state index contributed by atoms with van der Waals surface area (Å²) in [6.45, 7) is 0.305. The predicted octanol–water partition coefficient (Wildman–Crippen LogP) is 0.762. The summed E-state index contributed by atoms with van der Waals surface area (Å²) in [5, 5.41) is 2.56. The number of nitrogens with zero attached hydrogens (tertiary/aromatic N) is 1. The van der Waals surface area contributed by atoms with Gasteiger partial charge in [-0.05, 0) is 23.8 Å². The molecule has 0 saturated carbocycles. The van der Waals surface area contributed by atoms with Crippen molar-refractivity contribution in [3.05, 3.63) is 70.8 Å². The summed E-state index contributed by atoms with van der Waals surface area (Å²) in [5.74, 6) is -1.30. The zero-order valence-corrected chi connectivity index (χ0v) is 16.0. The van der Waals surface area contributed by atoms with E-state index in [1.807, 2.05) is 30.3 Å². The Morgan fingerprint density at radius 3 is 2.32 bits per heavy atom. The number of benzene rings is 2. The van der Waals surface area contributed by atoms with E-state index in [1.165, 1.54) is 18.2 Å². The summed E-state index contributed by atoms with van der Waals surface area (Å²) < 4.78 is 24.3. The van der Waals surface area contributed by atoms with Gasteiger partial charge >= 0.3 is 0 Å². The van der Waals surface area contributed by atoms with Crippen LogP contribution < -0.4 is 10.0 Å². The first kappa shape index (κ1) is 19.7. The topological polar surface area (TPSA) is 113 Å². The van der Waals surface area contributed by atoms with Crippen LogP contribution in [0.25, 0.3) is 0 Å². The molecule has 146 valence electrons. The third-order valence-corrected chi connectivity index (χ3v) is 4.92. The molecule has 2 N–H and O–H groups in total. The molecular weight excluding hydrogens is 382 g/mol. The highest BCUT2D eigenvalue weighted by Gasteiger charge is 2.35. The smallest absolute Gasteiger partial charge is 0.261 e. The Labute approximate surface area is 162 Å². The second-order valence-corrected chi connectivity index (χ2v) is 8.20. The van der Waals surface area contributed by atoms with Crippen molar-refractivity contribution in [1.29, 1.82) is 0 Å². The van der Waals surface area contributed by atoms with Gasteiger partial charge in [0, 0.05) is 18.7 Å². The Bertz CT molecular complexity index is 1030. The Balaban J connectivity index is 1.69. The summed E-state index contributed by atoms with van der Waals surface area (Å²) in [7, 11) is -3.33. The van der Waals surface area contributed by atoms with Gasteiger partial charge in [-0.2, -0.15) is 0 Å². The highest BCUT2D eigenvalue weighted by atomic mass is 32.2. The first-order chi connectivity index (χ1) is 13.3. The van der Waals surface area contributed by atoms with Crippen LogP contribution in [0.2, 0.25) is 0 Å². The Morgan fingerprint density at radius 1 is 0.964 bits per heavy atom. The second-order valence-electron chi connectivity index (χ2n) is 6.36. The van der Waals surface area contributed by atoms with Crippen LogP contribution in [0.1, 0.15) is 36.6 Å². The maximum atomic E-state index is 12.7. The zero-order chi connectivity index (χ0) is 20.3. The van der Waals surface area contributed by atoms with Crippen molar-refractivity contribution < 1.29 is 22.8 Å². The van der Waals surface area contributed by atoms with Crippen LogP contribution in [0.3, 0.4) is 0 Å². The number of nitrogens with one attached hydrogen (secondary N) is 2. The maximum Gasteiger partial charge on any atom is 0.261 e. The maximum absolute atomic E-state index is 12.7. The van der Waals surface area contributed by atoms with Gasteiger partial charge in [-0.3, -0.25) is 19.3 Å². The molecule has 0 atom stereocenters. The summed E-state index contributed by atoms with van der Waals surface area (Å²) >= 11 is 0. The van der Waals surface area contributed by atoms with Gasteiger partial charge in [-0.15, -0.1) is 0 Å². The summed E-state index contributed by atoms with van der Waals surface area (Å²) in [4.78, 5) is 38.6. The molecule has 3 amide bonds. The third-order valence-electron chi connectivity index (χ3n) is 4.19. The number of imide groups is 1. The molecule has 2 aromatic carbocycles. The third kappa shape index (κ3) is 4.44. The van der Waals surface area contributed by atoms with E-state index in [2.05, 4.69) is 10.0 Å². The minimum absolute atomic E-state index is 0.0534.